The number of hydrogen-bond donors (Lipinski definition) is 1. The van der Waals surface area contributed by atoms with Gasteiger partial charge in [0, 0.05) is 6.54 Å². The lowest BCUT2D eigenvalue weighted by Crippen LogP contribution is -2.04. The standard InChI is InChI=1S/C17H18N2S/c1-2-13-8-9-15-16(12-13)20-17(19-15)18-11-10-14-6-4-3-5-7-14/h3-9,12H,2,10-11H2,1H3,(H,18,19). The maximum Gasteiger partial charge on any atom is 0.183 e. The molecule has 3 heteroatoms. The van der Waals surface area contributed by atoms with Gasteiger partial charge in [0.15, 0.2) is 5.13 Å². The Kier molecular flexibility index (Phi) is 3.97. The normalized spacial score (nSPS) is 10.8. The molecule has 0 atom stereocenters. The predicted octanol–water partition coefficient (Wildman–Crippen LogP) is 4.51. The lowest BCUT2D eigenvalue weighted by Gasteiger charge is -2.02. The van der Waals surface area contributed by atoms with E-state index in [0.29, 0.717) is 0 Å². The zero-order chi connectivity index (χ0) is 13.8. The Morgan fingerprint density at radius 3 is 2.70 bits per heavy atom. The molecule has 0 spiro atoms. The largest absolute Gasteiger partial charge is 0.361 e. The van der Waals surface area contributed by atoms with Crippen molar-refractivity contribution in [2.75, 3.05) is 11.9 Å². The highest BCUT2D eigenvalue weighted by Gasteiger charge is 2.03. The van der Waals surface area contributed by atoms with E-state index < -0.39 is 0 Å². The second-order valence-corrected chi connectivity index (χ2v) is 5.87. The van der Waals surface area contributed by atoms with E-state index in [1.807, 2.05) is 0 Å². The van der Waals surface area contributed by atoms with Crippen LogP contribution >= 0.6 is 11.3 Å². The summed E-state index contributed by atoms with van der Waals surface area (Å²) in [6.07, 6.45) is 2.10. The molecule has 1 heterocycles. The maximum absolute atomic E-state index is 4.63. The van der Waals surface area contributed by atoms with E-state index in [2.05, 4.69) is 65.8 Å². The van der Waals surface area contributed by atoms with Gasteiger partial charge in [-0.1, -0.05) is 54.7 Å². The summed E-state index contributed by atoms with van der Waals surface area (Å²) >= 11 is 1.74. The zero-order valence-corrected chi connectivity index (χ0v) is 12.4. The van der Waals surface area contributed by atoms with Crippen LogP contribution in [0.2, 0.25) is 0 Å². The van der Waals surface area contributed by atoms with Crippen molar-refractivity contribution in [2.24, 2.45) is 0 Å². The third-order valence-corrected chi connectivity index (χ3v) is 4.37. The highest BCUT2D eigenvalue weighted by atomic mass is 32.1. The number of benzene rings is 2. The maximum atomic E-state index is 4.63. The van der Waals surface area contributed by atoms with Crippen molar-refractivity contribution in [2.45, 2.75) is 19.8 Å². The number of anilines is 1. The lowest BCUT2D eigenvalue weighted by molar-refractivity contribution is 1.02. The molecule has 2 aromatic carbocycles. The van der Waals surface area contributed by atoms with Gasteiger partial charge in [-0.25, -0.2) is 4.98 Å². The van der Waals surface area contributed by atoms with Crippen molar-refractivity contribution in [3.05, 3.63) is 59.7 Å². The predicted molar refractivity (Wildman–Crippen MR) is 87.6 cm³/mol. The number of thiazole rings is 1. The van der Waals surface area contributed by atoms with Crippen LogP contribution in [0.3, 0.4) is 0 Å². The summed E-state index contributed by atoms with van der Waals surface area (Å²) in [5.41, 5.74) is 3.82. The second kappa shape index (κ2) is 6.06. The lowest BCUT2D eigenvalue weighted by atomic mass is 10.1. The Labute approximate surface area is 123 Å². The summed E-state index contributed by atoms with van der Waals surface area (Å²) in [5, 5.41) is 4.45. The third kappa shape index (κ3) is 2.99. The molecule has 0 bridgehead atoms. The van der Waals surface area contributed by atoms with Gasteiger partial charge in [-0.05, 0) is 36.1 Å². The van der Waals surface area contributed by atoms with E-state index in [4.69, 9.17) is 0 Å². The van der Waals surface area contributed by atoms with Crippen molar-refractivity contribution in [3.63, 3.8) is 0 Å². The van der Waals surface area contributed by atoms with E-state index in [1.54, 1.807) is 11.3 Å². The summed E-state index contributed by atoms with van der Waals surface area (Å²) in [7, 11) is 0. The molecule has 0 amide bonds. The number of rotatable bonds is 5. The fourth-order valence-electron chi connectivity index (χ4n) is 2.22. The van der Waals surface area contributed by atoms with Crippen LogP contribution in [0.1, 0.15) is 18.1 Å². The van der Waals surface area contributed by atoms with Crippen molar-refractivity contribution < 1.29 is 0 Å². The van der Waals surface area contributed by atoms with Gasteiger partial charge in [0.25, 0.3) is 0 Å². The Hall–Kier alpha value is -1.87. The van der Waals surface area contributed by atoms with Crippen LogP contribution in [0.15, 0.2) is 48.5 Å². The first kappa shape index (κ1) is 13.1. The first-order valence-electron chi connectivity index (χ1n) is 7.02. The Morgan fingerprint density at radius 2 is 1.90 bits per heavy atom. The van der Waals surface area contributed by atoms with Crippen LogP contribution < -0.4 is 5.32 Å². The highest BCUT2D eigenvalue weighted by Crippen LogP contribution is 2.26. The van der Waals surface area contributed by atoms with Gasteiger partial charge in [0.1, 0.15) is 0 Å². The molecular formula is C17H18N2S. The summed E-state index contributed by atoms with van der Waals surface area (Å²) in [6, 6.07) is 17.1. The van der Waals surface area contributed by atoms with Gasteiger partial charge < -0.3 is 5.32 Å². The van der Waals surface area contributed by atoms with E-state index in [1.165, 1.54) is 15.8 Å². The Morgan fingerprint density at radius 1 is 1.05 bits per heavy atom. The molecular weight excluding hydrogens is 264 g/mol. The van der Waals surface area contributed by atoms with Gasteiger partial charge in [0.05, 0.1) is 10.2 Å². The molecule has 0 saturated carbocycles. The molecule has 0 unspecified atom stereocenters. The minimum atomic E-state index is 0.921. The number of nitrogens with one attached hydrogen (secondary N) is 1. The number of hydrogen-bond acceptors (Lipinski definition) is 3. The topological polar surface area (TPSA) is 24.9 Å². The minimum absolute atomic E-state index is 0.921. The molecule has 20 heavy (non-hydrogen) atoms. The Bertz CT molecular complexity index is 689. The van der Waals surface area contributed by atoms with Crippen LogP contribution in [0.4, 0.5) is 5.13 Å². The van der Waals surface area contributed by atoms with Crippen LogP contribution in [-0.4, -0.2) is 11.5 Å². The fourth-order valence-corrected chi connectivity index (χ4v) is 3.18. The number of aryl methyl sites for hydroxylation is 1. The highest BCUT2D eigenvalue weighted by molar-refractivity contribution is 7.22. The van der Waals surface area contributed by atoms with Crippen molar-refractivity contribution in [3.8, 4) is 0 Å². The summed E-state index contributed by atoms with van der Waals surface area (Å²) < 4.78 is 1.27. The van der Waals surface area contributed by atoms with Crippen LogP contribution in [0, 0.1) is 0 Å². The molecule has 1 N–H and O–H groups in total. The van der Waals surface area contributed by atoms with Gasteiger partial charge >= 0.3 is 0 Å². The number of nitrogens with zero attached hydrogens (tertiary/aromatic N) is 1. The minimum Gasteiger partial charge on any atom is -0.361 e. The Balaban J connectivity index is 1.66. The fraction of sp³-hybridized carbons (Fsp3) is 0.235. The first-order chi connectivity index (χ1) is 9.85. The van der Waals surface area contributed by atoms with Crippen molar-refractivity contribution >= 4 is 26.7 Å². The van der Waals surface area contributed by atoms with Crippen LogP contribution in [0.5, 0.6) is 0 Å². The second-order valence-electron chi connectivity index (χ2n) is 4.84. The van der Waals surface area contributed by atoms with Crippen molar-refractivity contribution in [1.82, 2.24) is 4.98 Å². The summed E-state index contributed by atoms with van der Waals surface area (Å²) in [4.78, 5) is 4.63. The summed E-state index contributed by atoms with van der Waals surface area (Å²) in [6.45, 7) is 3.10. The average molecular weight is 282 g/mol. The smallest absolute Gasteiger partial charge is 0.183 e. The van der Waals surface area contributed by atoms with Gasteiger partial charge in [0.2, 0.25) is 0 Å². The molecule has 0 radical (unpaired) electrons. The molecule has 0 aliphatic carbocycles. The number of aromatic nitrogens is 1. The molecule has 0 saturated heterocycles. The van der Waals surface area contributed by atoms with Gasteiger partial charge in [-0.3, -0.25) is 0 Å². The van der Waals surface area contributed by atoms with Gasteiger partial charge in [-0.15, -0.1) is 0 Å². The first-order valence-corrected chi connectivity index (χ1v) is 7.84. The van der Waals surface area contributed by atoms with Crippen LogP contribution in [0.25, 0.3) is 10.2 Å². The SMILES string of the molecule is CCc1ccc2nc(NCCc3ccccc3)sc2c1. The summed E-state index contributed by atoms with van der Waals surface area (Å²) in [5.74, 6) is 0. The van der Waals surface area contributed by atoms with E-state index in [0.717, 1.165) is 30.0 Å². The quantitative estimate of drug-likeness (QED) is 0.744. The molecule has 1 aromatic heterocycles. The van der Waals surface area contributed by atoms with Crippen molar-refractivity contribution in [1.29, 1.82) is 0 Å². The van der Waals surface area contributed by atoms with E-state index in [9.17, 15) is 0 Å². The third-order valence-electron chi connectivity index (χ3n) is 3.39. The van der Waals surface area contributed by atoms with Gasteiger partial charge in [-0.2, -0.15) is 0 Å². The monoisotopic (exact) mass is 282 g/mol. The molecule has 3 aromatic rings. The zero-order valence-electron chi connectivity index (χ0n) is 11.6. The molecule has 0 fully saturated rings. The van der Waals surface area contributed by atoms with Crippen LogP contribution in [-0.2, 0) is 12.8 Å². The average Bonchev–Trinajstić information content (AvgIpc) is 2.90. The van der Waals surface area contributed by atoms with E-state index in [-0.39, 0.29) is 0 Å². The molecule has 2 nitrogen and oxygen atoms in total. The number of fused-ring (bicyclic) bond motifs is 1. The molecule has 102 valence electrons. The molecule has 0 aliphatic rings. The molecule has 0 aliphatic heterocycles. The van der Waals surface area contributed by atoms with E-state index >= 15 is 0 Å². The molecule has 3 rings (SSSR count).